The van der Waals surface area contributed by atoms with Crippen molar-refractivity contribution in [3.05, 3.63) is 31.9 Å². The van der Waals surface area contributed by atoms with Crippen LogP contribution in [-0.4, -0.2) is 39.3 Å². The fourth-order valence-corrected chi connectivity index (χ4v) is 7.72. The molecule has 0 bridgehead atoms. The van der Waals surface area contributed by atoms with Gasteiger partial charge in [-0.15, -0.1) is 0 Å². The normalized spacial score (nSPS) is 20.1. The highest BCUT2D eigenvalue weighted by Crippen LogP contribution is 2.37. The van der Waals surface area contributed by atoms with E-state index in [0.717, 1.165) is 56.6 Å². The number of aromatic nitrogens is 1. The van der Waals surface area contributed by atoms with Gasteiger partial charge in [-0.25, -0.2) is 0 Å². The van der Waals surface area contributed by atoms with E-state index in [1.54, 1.807) is 9.47 Å². The second-order valence-corrected chi connectivity index (χ2v) is 14.2. The molecule has 0 aromatic carbocycles. The number of hydrogen-bond acceptors (Lipinski definition) is 6. The fraction of sp³-hybridized carbons (Fsp3) is 0.706. The Balaban J connectivity index is 1.81. The second-order valence-electron chi connectivity index (χ2n) is 12.5. The van der Waals surface area contributed by atoms with Crippen LogP contribution in [0.2, 0.25) is 0 Å². The molecule has 0 radical (unpaired) electrons. The second kappa shape index (κ2) is 17.3. The number of thioether (sulfide) groups is 1. The van der Waals surface area contributed by atoms with Gasteiger partial charge in [0.2, 0.25) is 0 Å². The van der Waals surface area contributed by atoms with E-state index in [2.05, 4.69) is 38.7 Å². The first kappa shape index (κ1) is 34.4. The molecule has 3 rings (SSSR count). The van der Waals surface area contributed by atoms with Gasteiger partial charge < -0.3 is 4.90 Å². The van der Waals surface area contributed by atoms with Crippen LogP contribution in [0, 0.1) is 30.1 Å². The van der Waals surface area contributed by atoms with Gasteiger partial charge in [-0.05, 0) is 49.7 Å². The van der Waals surface area contributed by atoms with Crippen LogP contribution in [0.1, 0.15) is 128 Å². The lowest BCUT2D eigenvalue weighted by molar-refractivity contribution is -0.122. The number of unbranched alkanes of at least 4 members (excludes halogenated alkanes) is 10. The zero-order valence-electron chi connectivity index (χ0n) is 26.7. The van der Waals surface area contributed by atoms with Crippen LogP contribution in [0.15, 0.2) is 9.70 Å². The molecular weight excluding hydrogens is 561 g/mol. The number of nitrogens with zero attached hydrogens (tertiary/aromatic N) is 4. The molecule has 2 aliphatic rings. The van der Waals surface area contributed by atoms with Crippen molar-refractivity contribution in [3.8, 4) is 6.07 Å². The summed E-state index contributed by atoms with van der Waals surface area (Å²) < 4.78 is 2.40. The maximum absolute atomic E-state index is 13.6. The Kier molecular flexibility index (Phi) is 14.1. The molecule has 0 spiro atoms. The van der Waals surface area contributed by atoms with Crippen LogP contribution < -0.4 is 10.5 Å². The van der Waals surface area contributed by atoms with Crippen LogP contribution in [0.3, 0.4) is 0 Å². The van der Waals surface area contributed by atoms with E-state index < -0.39 is 0 Å². The average molecular weight is 613 g/mol. The molecule has 6 nitrogen and oxygen atoms in total. The molecule has 42 heavy (non-hydrogen) atoms. The highest BCUT2D eigenvalue weighted by Gasteiger charge is 2.34. The summed E-state index contributed by atoms with van der Waals surface area (Å²) in [4.78, 5) is 31.8. The van der Waals surface area contributed by atoms with Crippen molar-refractivity contribution in [1.82, 2.24) is 9.47 Å². The van der Waals surface area contributed by atoms with Crippen LogP contribution >= 0.6 is 24.0 Å². The predicted octanol–water partition coefficient (Wildman–Crippen LogP) is 8.43. The third kappa shape index (κ3) is 8.95. The molecule has 2 saturated heterocycles. The highest BCUT2D eigenvalue weighted by molar-refractivity contribution is 8.26. The Bertz CT molecular complexity index is 1210. The number of nitriles is 1. The third-order valence-electron chi connectivity index (χ3n) is 8.63. The molecule has 0 saturated carbocycles. The molecule has 3 heterocycles. The quantitative estimate of drug-likeness (QED) is 0.106. The first-order valence-corrected chi connectivity index (χ1v) is 17.6. The zero-order chi connectivity index (χ0) is 30.6. The highest BCUT2D eigenvalue weighted by atomic mass is 32.2. The van der Waals surface area contributed by atoms with Crippen molar-refractivity contribution in [2.24, 2.45) is 11.8 Å². The number of thiocarbonyl (C=S) groups is 1. The first-order valence-electron chi connectivity index (χ1n) is 16.4. The van der Waals surface area contributed by atoms with Gasteiger partial charge >= 0.3 is 0 Å². The number of carbonyl (C=O) groups is 1. The number of rotatable bonds is 16. The summed E-state index contributed by atoms with van der Waals surface area (Å²) >= 11 is 7.01. The third-order valence-corrected chi connectivity index (χ3v) is 10.0. The molecule has 2 fully saturated rings. The van der Waals surface area contributed by atoms with Crippen LogP contribution in [0.4, 0.5) is 5.82 Å². The van der Waals surface area contributed by atoms with Gasteiger partial charge in [0.15, 0.2) is 0 Å². The molecule has 0 aliphatic carbocycles. The van der Waals surface area contributed by atoms with E-state index in [9.17, 15) is 14.9 Å². The lowest BCUT2D eigenvalue weighted by Gasteiger charge is -2.39. The number of anilines is 1. The van der Waals surface area contributed by atoms with E-state index >= 15 is 0 Å². The monoisotopic (exact) mass is 612 g/mol. The number of pyridine rings is 1. The molecule has 0 N–H and O–H groups in total. The van der Waals surface area contributed by atoms with Gasteiger partial charge in [-0.1, -0.05) is 116 Å². The maximum atomic E-state index is 13.6. The van der Waals surface area contributed by atoms with E-state index in [0.29, 0.717) is 39.7 Å². The topological polar surface area (TPSA) is 69.3 Å². The smallest absolute Gasteiger partial charge is 0.270 e. The van der Waals surface area contributed by atoms with Crippen molar-refractivity contribution in [2.45, 2.75) is 125 Å². The summed E-state index contributed by atoms with van der Waals surface area (Å²) in [6.07, 6.45) is 17.3. The van der Waals surface area contributed by atoms with E-state index in [4.69, 9.17) is 12.2 Å². The lowest BCUT2D eigenvalue weighted by atomic mass is 9.91. The molecule has 1 aromatic heterocycles. The van der Waals surface area contributed by atoms with Gasteiger partial charge in [0.1, 0.15) is 21.8 Å². The van der Waals surface area contributed by atoms with E-state index in [-0.39, 0.29) is 17.0 Å². The summed E-state index contributed by atoms with van der Waals surface area (Å²) in [7, 11) is 0. The van der Waals surface area contributed by atoms with Gasteiger partial charge in [-0.2, -0.15) is 5.26 Å². The van der Waals surface area contributed by atoms with Crippen LogP contribution in [0.25, 0.3) is 6.08 Å². The standard InChI is InChI=1S/C34H52N4O2S2/c1-6-8-10-11-12-13-14-15-16-17-19-38-33(40)30(42-34(38)41)21-28-27(5)29(22-35)32(39)37(18-9-7-2)31(28)36-23-25(3)20-26(4)24-36/h21,25-26H,6-20,23-24H2,1-5H3/b30-21+. The lowest BCUT2D eigenvalue weighted by Crippen LogP contribution is -2.43. The number of amides is 1. The SMILES string of the molecule is CCCCCCCCCCCCN1C(=O)/C(=C\c2c(C)c(C#N)c(=O)n(CCCC)c2N2CC(C)CC(C)C2)SC1=S. The zero-order valence-corrected chi connectivity index (χ0v) is 28.3. The summed E-state index contributed by atoms with van der Waals surface area (Å²) in [5, 5.41) is 9.98. The number of hydrogen-bond donors (Lipinski definition) is 0. The van der Waals surface area contributed by atoms with Crippen molar-refractivity contribution in [3.63, 3.8) is 0 Å². The van der Waals surface area contributed by atoms with Crippen molar-refractivity contribution < 1.29 is 4.79 Å². The first-order chi connectivity index (χ1) is 20.2. The molecular formula is C34H52N4O2S2. The molecule has 1 amide bonds. The van der Waals surface area contributed by atoms with Gasteiger partial charge in [0, 0.05) is 31.7 Å². The Hall–Kier alpha value is -2.11. The minimum absolute atomic E-state index is 0.0588. The molecule has 8 heteroatoms. The molecule has 2 aliphatic heterocycles. The Morgan fingerprint density at radius 3 is 2.05 bits per heavy atom. The number of piperidine rings is 1. The summed E-state index contributed by atoms with van der Waals surface area (Å²) in [6.45, 7) is 13.6. The summed E-state index contributed by atoms with van der Waals surface area (Å²) in [5.41, 5.74) is 1.40. The Labute approximate surface area is 263 Å². The van der Waals surface area contributed by atoms with E-state index in [1.165, 1.54) is 63.1 Å². The Morgan fingerprint density at radius 2 is 1.48 bits per heavy atom. The van der Waals surface area contributed by atoms with Gasteiger partial charge in [-0.3, -0.25) is 19.1 Å². The minimum Gasteiger partial charge on any atom is -0.357 e. The Morgan fingerprint density at radius 1 is 0.905 bits per heavy atom. The predicted molar refractivity (Wildman–Crippen MR) is 182 cm³/mol. The van der Waals surface area contributed by atoms with Crippen molar-refractivity contribution in [1.29, 1.82) is 5.26 Å². The summed E-state index contributed by atoms with van der Waals surface area (Å²) in [5.74, 6) is 1.78. The molecule has 232 valence electrons. The number of carbonyl (C=O) groups excluding carboxylic acids is 1. The van der Waals surface area contributed by atoms with Crippen LogP contribution in [-0.2, 0) is 11.3 Å². The van der Waals surface area contributed by atoms with Gasteiger partial charge in [0.05, 0.1) is 4.91 Å². The summed E-state index contributed by atoms with van der Waals surface area (Å²) in [6, 6.07) is 2.17. The van der Waals surface area contributed by atoms with Crippen LogP contribution in [0.5, 0.6) is 0 Å². The largest absolute Gasteiger partial charge is 0.357 e. The van der Waals surface area contributed by atoms with Crippen molar-refractivity contribution >= 4 is 46.1 Å². The maximum Gasteiger partial charge on any atom is 0.270 e. The van der Waals surface area contributed by atoms with Crippen molar-refractivity contribution in [2.75, 3.05) is 24.5 Å². The molecule has 1 aromatic rings. The molecule has 2 atom stereocenters. The molecule has 2 unspecified atom stereocenters. The van der Waals surface area contributed by atoms with E-state index in [1.807, 2.05) is 13.0 Å². The average Bonchev–Trinajstić information content (AvgIpc) is 3.21. The van der Waals surface area contributed by atoms with Gasteiger partial charge in [0.25, 0.3) is 11.5 Å². The fourth-order valence-electron chi connectivity index (χ4n) is 6.43. The minimum atomic E-state index is -0.227.